The Morgan fingerprint density at radius 2 is 2.08 bits per heavy atom. The van der Waals surface area contributed by atoms with Crippen LogP contribution in [0, 0.1) is 0 Å². The summed E-state index contributed by atoms with van der Waals surface area (Å²) in [5.41, 5.74) is 0.654. The number of benzene rings is 1. The van der Waals surface area contributed by atoms with Gasteiger partial charge in [0, 0.05) is 31.9 Å². The SMILES string of the molecule is CNc1ccnc(C(=O)NCCOc2cccc(NC(C)=O)c2)n1. The molecule has 1 heterocycles. The minimum Gasteiger partial charge on any atom is -0.492 e. The maximum Gasteiger partial charge on any atom is 0.289 e. The lowest BCUT2D eigenvalue weighted by Gasteiger charge is -2.09. The molecule has 0 saturated heterocycles. The number of anilines is 2. The van der Waals surface area contributed by atoms with E-state index in [1.807, 2.05) is 0 Å². The van der Waals surface area contributed by atoms with Gasteiger partial charge in [-0.25, -0.2) is 9.97 Å². The lowest BCUT2D eigenvalue weighted by molar-refractivity contribution is -0.114. The quantitative estimate of drug-likeness (QED) is 0.661. The van der Waals surface area contributed by atoms with E-state index in [-0.39, 0.29) is 24.2 Å². The average molecular weight is 329 g/mol. The van der Waals surface area contributed by atoms with Crippen LogP contribution in [-0.2, 0) is 4.79 Å². The smallest absolute Gasteiger partial charge is 0.289 e. The molecule has 1 aromatic carbocycles. The van der Waals surface area contributed by atoms with Crippen LogP contribution in [0.1, 0.15) is 17.5 Å². The Bertz CT molecular complexity index is 720. The number of nitrogens with zero attached hydrogens (tertiary/aromatic N) is 2. The molecule has 0 radical (unpaired) electrons. The van der Waals surface area contributed by atoms with Gasteiger partial charge in [-0.05, 0) is 18.2 Å². The number of nitrogens with one attached hydrogen (secondary N) is 3. The fraction of sp³-hybridized carbons (Fsp3) is 0.250. The van der Waals surface area contributed by atoms with Crippen molar-refractivity contribution in [3.8, 4) is 5.75 Å². The van der Waals surface area contributed by atoms with Crippen LogP contribution in [0.2, 0.25) is 0 Å². The number of ether oxygens (including phenoxy) is 1. The average Bonchev–Trinajstić information content (AvgIpc) is 2.58. The molecule has 0 aliphatic carbocycles. The summed E-state index contributed by atoms with van der Waals surface area (Å²) in [6, 6.07) is 8.69. The van der Waals surface area contributed by atoms with Gasteiger partial charge in [0.2, 0.25) is 11.7 Å². The summed E-state index contributed by atoms with van der Waals surface area (Å²) in [6.07, 6.45) is 1.51. The van der Waals surface area contributed by atoms with Gasteiger partial charge in [-0.15, -0.1) is 0 Å². The summed E-state index contributed by atoms with van der Waals surface area (Å²) in [5.74, 6) is 0.741. The van der Waals surface area contributed by atoms with E-state index in [2.05, 4.69) is 25.9 Å². The Labute approximate surface area is 139 Å². The summed E-state index contributed by atoms with van der Waals surface area (Å²) in [6.45, 7) is 2.02. The predicted molar refractivity (Wildman–Crippen MR) is 90.2 cm³/mol. The molecule has 2 rings (SSSR count). The summed E-state index contributed by atoms with van der Waals surface area (Å²) < 4.78 is 5.54. The second kappa shape index (κ2) is 8.47. The largest absolute Gasteiger partial charge is 0.492 e. The van der Waals surface area contributed by atoms with Crippen molar-refractivity contribution in [3.63, 3.8) is 0 Å². The lowest BCUT2D eigenvalue weighted by Crippen LogP contribution is -2.29. The maximum atomic E-state index is 11.9. The van der Waals surface area contributed by atoms with Gasteiger partial charge < -0.3 is 20.7 Å². The Morgan fingerprint density at radius 3 is 2.83 bits per heavy atom. The Hall–Kier alpha value is -3.16. The highest BCUT2D eigenvalue weighted by Crippen LogP contribution is 2.17. The normalized spacial score (nSPS) is 9.92. The standard InChI is InChI=1S/C16H19N5O3/c1-11(22)20-12-4-3-5-13(10-12)24-9-8-19-16(23)15-18-7-6-14(17-2)21-15/h3-7,10H,8-9H2,1-2H3,(H,19,23)(H,20,22)(H,17,18,21). The number of carbonyl (C=O) groups excluding carboxylic acids is 2. The number of aromatic nitrogens is 2. The van der Waals surface area contributed by atoms with Gasteiger partial charge in [-0.2, -0.15) is 0 Å². The highest BCUT2D eigenvalue weighted by Gasteiger charge is 2.08. The second-order valence-corrected chi connectivity index (χ2v) is 4.83. The first-order chi connectivity index (χ1) is 11.6. The Morgan fingerprint density at radius 1 is 1.25 bits per heavy atom. The van der Waals surface area contributed by atoms with Crippen molar-refractivity contribution in [3.05, 3.63) is 42.4 Å². The van der Waals surface area contributed by atoms with E-state index < -0.39 is 0 Å². The van der Waals surface area contributed by atoms with Gasteiger partial charge >= 0.3 is 0 Å². The van der Waals surface area contributed by atoms with Crippen molar-refractivity contribution >= 4 is 23.3 Å². The molecule has 0 aliphatic heterocycles. The number of hydrogen-bond acceptors (Lipinski definition) is 6. The predicted octanol–water partition coefficient (Wildman–Crippen LogP) is 1.29. The van der Waals surface area contributed by atoms with Crippen molar-refractivity contribution in [2.75, 3.05) is 30.8 Å². The molecule has 8 heteroatoms. The highest BCUT2D eigenvalue weighted by atomic mass is 16.5. The minimum absolute atomic E-state index is 0.0921. The topological polar surface area (TPSA) is 105 Å². The molecular weight excluding hydrogens is 310 g/mol. The molecule has 0 spiro atoms. The molecule has 0 unspecified atom stereocenters. The van der Waals surface area contributed by atoms with E-state index in [0.717, 1.165) is 0 Å². The van der Waals surface area contributed by atoms with E-state index in [4.69, 9.17) is 4.74 Å². The molecule has 1 aromatic heterocycles. The van der Waals surface area contributed by atoms with Gasteiger partial charge in [-0.1, -0.05) is 6.07 Å². The second-order valence-electron chi connectivity index (χ2n) is 4.83. The fourth-order valence-corrected chi connectivity index (χ4v) is 1.89. The van der Waals surface area contributed by atoms with E-state index in [1.165, 1.54) is 13.1 Å². The van der Waals surface area contributed by atoms with Crippen LogP contribution in [0.3, 0.4) is 0 Å². The third-order valence-electron chi connectivity index (χ3n) is 2.93. The zero-order valence-corrected chi connectivity index (χ0v) is 13.5. The lowest BCUT2D eigenvalue weighted by atomic mass is 10.3. The van der Waals surface area contributed by atoms with E-state index in [1.54, 1.807) is 37.4 Å². The molecule has 0 saturated carbocycles. The molecule has 0 atom stereocenters. The van der Waals surface area contributed by atoms with Crippen molar-refractivity contribution in [1.29, 1.82) is 0 Å². The van der Waals surface area contributed by atoms with E-state index >= 15 is 0 Å². The van der Waals surface area contributed by atoms with Crippen LogP contribution in [0.25, 0.3) is 0 Å². The van der Waals surface area contributed by atoms with Crippen molar-refractivity contribution in [1.82, 2.24) is 15.3 Å². The minimum atomic E-state index is -0.373. The Balaban J connectivity index is 1.80. The fourth-order valence-electron chi connectivity index (χ4n) is 1.89. The first-order valence-corrected chi connectivity index (χ1v) is 7.38. The first-order valence-electron chi connectivity index (χ1n) is 7.38. The van der Waals surface area contributed by atoms with E-state index in [0.29, 0.717) is 23.8 Å². The molecule has 126 valence electrons. The summed E-state index contributed by atoms with van der Waals surface area (Å²) >= 11 is 0. The maximum absolute atomic E-state index is 11.9. The van der Waals surface area contributed by atoms with Crippen molar-refractivity contribution in [2.24, 2.45) is 0 Å². The number of rotatable bonds is 7. The third kappa shape index (κ3) is 5.24. The third-order valence-corrected chi connectivity index (χ3v) is 2.93. The summed E-state index contributed by atoms with van der Waals surface area (Å²) in [7, 11) is 1.72. The van der Waals surface area contributed by atoms with Crippen LogP contribution in [0.15, 0.2) is 36.5 Å². The molecule has 0 fully saturated rings. The molecule has 2 amide bonds. The van der Waals surface area contributed by atoms with Crippen LogP contribution >= 0.6 is 0 Å². The molecule has 0 bridgehead atoms. The molecule has 3 N–H and O–H groups in total. The monoisotopic (exact) mass is 329 g/mol. The van der Waals surface area contributed by atoms with Gasteiger partial charge in [0.25, 0.3) is 5.91 Å². The van der Waals surface area contributed by atoms with Crippen LogP contribution in [-0.4, -0.2) is 42.0 Å². The van der Waals surface area contributed by atoms with E-state index in [9.17, 15) is 9.59 Å². The molecule has 2 aromatic rings. The van der Waals surface area contributed by atoms with Gasteiger partial charge in [-0.3, -0.25) is 9.59 Å². The molecule has 0 aliphatic rings. The van der Waals surface area contributed by atoms with Crippen LogP contribution < -0.4 is 20.7 Å². The number of carbonyl (C=O) groups is 2. The van der Waals surface area contributed by atoms with Gasteiger partial charge in [0.15, 0.2) is 0 Å². The molecule has 8 nitrogen and oxygen atoms in total. The zero-order chi connectivity index (χ0) is 17.4. The zero-order valence-electron chi connectivity index (χ0n) is 13.5. The van der Waals surface area contributed by atoms with Gasteiger partial charge in [0.05, 0.1) is 6.54 Å². The molecular formula is C16H19N5O3. The number of hydrogen-bond donors (Lipinski definition) is 3. The van der Waals surface area contributed by atoms with Crippen molar-refractivity contribution < 1.29 is 14.3 Å². The Kier molecular flexibility index (Phi) is 6.07. The van der Waals surface area contributed by atoms with Crippen molar-refractivity contribution in [2.45, 2.75) is 6.92 Å². The van der Waals surface area contributed by atoms with Crippen LogP contribution in [0.5, 0.6) is 5.75 Å². The summed E-state index contributed by atoms with van der Waals surface area (Å²) in [5, 5.41) is 8.20. The van der Waals surface area contributed by atoms with Gasteiger partial charge in [0.1, 0.15) is 18.2 Å². The first kappa shape index (κ1) is 17.2. The number of amides is 2. The van der Waals surface area contributed by atoms with Crippen LogP contribution in [0.4, 0.5) is 11.5 Å². The summed E-state index contributed by atoms with van der Waals surface area (Å²) in [4.78, 5) is 30.9. The highest BCUT2D eigenvalue weighted by molar-refractivity contribution is 5.90. The molecule has 24 heavy (non-hydrogen) atoms.